The van der Waals surface area contributed by atoms with E-state index in [0.717, 1.165) is 31.0 Å². The quantitative estimate of drug-likeness (QED) is 0.725. The van der Waals surface area contributed by atoms with Crippen molar-refractivity contribution in [2.45, 2.75) is 19.9 Å². The lowest BCUT2D eigenvalue weighted by Crippen LogP contribution is -2.25. The lowest BCUT2D eigenvalue weighted by molar-refractivity contribution is 0.749. The Balaban J connectivity index is 2.73. The minimum Gasteiger partial charge on any atom is -0.344 e. The molecule has 0 saturated heterocycles. The molecule has 16 heavy (non-hydrogen) atoms. The molecule has 0 aromatic carbocycles. The monoisotopic (exact) mass is 218 g/mol. The van der Waals surface area contributed by atoms with Crippen molar-refractivity contribution in [3.63, 3.8) is 0 Å². The largest absolute Gasteiger partial charge is 0.344 e. The highest BCUT2D eigenvalue weighted by atomic mass is 15.3. The molecule has 1 aromatic heterocycles. The first-order chi connectivity index (χ1) is 7.81. The van der Waals surface area contributed by atoms with Crippen LogP contribution < -0.4 is 10.2 Å². The number of hydrogen-bond donors (Lipinski definition) is 1. The zero-order valence-corrected chi connectivity index (χ0v) is 9.90. The van der Waals surface area contributed by atoms with Gasteiger partial charge in [-0.25, -0.2) is 0 Å². The van der Waals surface area contributed by atoms with Crippen LogP contribution in [0.25, 0.3) is 0 Å². The summed E-state index contributed by atoms with van der Waals surface area (Å²) in [5.41, 5.74) is 0.934. The van der Waals surface area contributed by atoms with Crippen molar-refractivity contribution in [1.82, 2.24) is 15.5 Å². The van der Waals surface area contributed by atoms with Crippen molar-refractivity contribution in [1.29, 1.82) is 0 Å². The molecule has 0 aliphatic carbocycles. The Hall–Kier alpha value is -1.60. The van der Waals surface area contributed by atoms with Gasteiger partial charge in [-0.05, 0) is 25.6 Å². The molecular weight excluding hydrogens is 200 g/mol. The molecule has 0 amide bonds. The first-order valence-corrected chi connectivity index (χ1v) is 5.47. The van der Waals surface area contributed by atoms with Crippen LogP contribution in [0, 0.1) is 12.3 Å². The van der Waals surface area contributed by atoms with E-state index in [9.17, 15) is 0 Å². The number of aromatic nitrogens is 2. The van der Waals surface area contributed by atoms with E-state index in [1.54, 1.807) is 0 Å². The third kappa shape index (κ3) is 3.52. The molecule has 0 saturated carbocycles. The molecule has 1 heterocycles. The van der Waals surface area contributed by atoms with E-state index in [1.807, 2.05) is 19.2 Å². The summed E-state index contributed by atoms with van der Waals surface area (Å²) in [5, 5.41) is 11.3. The molecule has 0 spiro atoms. The van der Waals surface area contributed by atoms with Crippen molar-refractivity contribution in [3.8, 4) is 12.3 Å². The van der Waals surface area contributed by atoms with Gasteiger partial charge in [-0.1, -0.05) is 12.8 Å². The summed E-state index contributed by atoms with van der Waals surface area (Å²) < 4.78 is 0. The second kappa shape index (κ2) is 6.81. The topological polar surface area (TPSA) is 41.0 Å². The minimum atomic E-state index is 0.577. The summed E-state index contributed by atoms with van der Waals surface area (Å²) in [4.78, 5) is 2.05. The first-order valence-electron chi connectivity index (χ1n) is 5.47. The summed E-state index contributed by atoms with van der Waals surface area (Å²) >= 11 is 0. The van der Waals surface area contributed by atoms with Gasteiger partial charge in [0.15, 0.2) is 5.82 Å². The molecule has 0 aliphatic heterocycles. The van der Waals surface area contributed by atoms with Crippen LogP contribution in [0.15, 0.2) is 12.1 Å². The van der Waals surface area contributed by atoms with E-state index in [1.165, 1.54) is 0 Å². The molecule has 4 nitrogen and oxygen atoms in total. The Morgan fingerprint density at radius 3 is 2.75 bits per heavy atom. The van der Waals surface area contributed by atoms with E-state index >= 15 is 0 Å². The van der Waals surface area contributed by atoms with E-state index < -0.39 is 0 Å². The smallest absolute Gasteiger partial charge is 0.152 e. The summed E-state index contributed by atoms with van der Waals surface area (Å²) in [6.45, 7) is 4.33. The molecule has 86 valence electrons. The van der Waals surface area contributed by atoms with Crippen LogP contribution in [0.5, 0.6) is 0 Å². The second-order valence-corrected chi connectivity index (χ2v) is 3.54. The third-order valence-corrected chi connectivity index (χ3v) is 2.16. The van der Waals surface area contributed by atoms with Crippen molar-refractivity contribution in [3.05, 3.63) is 17.8 Å². The predicted molar refractivity (Wildman–Crippen MR) is 66.1 cm³/mol. The van der Waals surface area contributed by atoms with E-state index in [2.05, 4.69) is 33.3 Å². The number of anilines is 1. The fourth-order valence-electron chi connectivity index (χ4n) is 1.45. The maximum atomic E-state index is 5.32. The zero-order chi connectivity index (χ0) is 11.8. The van der Waals surface area contributed by atoms with Gasteiger partial charge in [-0.15, -0.1) is 11.5 Å². The molecule has 0 aliphatic rings. The maximum Gasteiger partial charge on any atom is 0.152 e. The zero-order valence-electron chi connectivity index (χ0n) is 9.90. The highest BCUT2D eigenvalue weighted by Crippen LogP contribution is 2.09. The highest BCUT2D eigenvalue weighted by molar-refractivity contribution is 5.38. The number of rotatable bonds is 6. The van der Waals surface area contributed by atoms with Gasteiger partial charge < -0.3 is 10.2 Å². The molecule has 1 N–H and O–H groups in total. The molecule has 0 fully saturated rings. The van der Waals surface area contributed by atoms with Crippen molar-refractivity contribution in [2.75, 3.05) is 25.0 Å². The fourth-order valence-corrected chi connectivity index (χ4v) is 1.45. The number of nitrogens with one attached hydrogen (secondary N) is 1. The Labute approximate surface area is 97.1 Å². The summed E-state index contributed by atoms with van der Waals surface area (Å²) in [5.74, 6) is 3.48. The first kappa shape index (κ1) is 12.5. The van der Waals surface area contributed by atoms with Crippen molar-refractivity contribution >= 4 is 5.82 Å². The van der Waals surface area contributed by atoms with Crippen LogP contribution in [0.2, 0.25) is 0 Å². The minimum absolute atomic E-state index is 0.577. The van der Waals surface area contributed by atoms with Crippen LogP contribution >= 0.6 is 0 Å². The maximum absolute atomic E-state index is 5.32. The average Bonchev–Trinajstić information content (AvgIpc) is 2.30. The van der Waals surface area contributed by atoms with Crippen LogP contribution in [0.3, 0.4) is 0 Å². The predicted octanol–water partition coefficient (Wildman–Crippen LogP) is 1.05. The van der Waals surface area contributed by atoms with Gasteiger partial charge in [0.25, 0.3) is 0 Å². The van der Waals surface area contributed by atoms with Crippen LogP contribution in [-0.4, -0.2) is 30.3 Å². The molecule has 0 radical (unpaired) electrons. The molecule has 0 atom stereocenters. The van der Waals surface area contributed by atoms with Crippen molar-refractivity contribution in [2.24, 2.45) is 0 Å². The van der Waals surface area contributed by atoms with Gasteiger partial charge in [0.05, 0.1) is 12.2 Å². The molecular formula is C12H18N4. The van der Waals surface area contributed by atoms with Crippen LogP contribution in [0.1, 0.15) is 19.0 Å². The molecule has 1 aromatic rings. The fraction of sp³-hybridized carbons (Fsp3) is 0.500. The SMILES string of the molecule is C#CCN(CCC)c1ccc(CNC)nn1. The number of hydrogen-bond acceptors (Lipinski definition) is 4. The van der Waals surface area contributed by atoms with E-state index in [4.69, 9.17) is 6.42 Å². The Morgan fingerprint density at radius 2 is 2.25 bits per heavy atom. The Bertz CT molecular complexity index is 339. The lowest BCUT2D eigenvalue weighted by atomic mass is 10.3. The summed E-state index contributed by atoms with van der Waals surface area (Å²) in [6, 6.07) is 3.94. The molecule has 0 unspecified atom stereocenters. The lowest BCUT2D eigenvalue weighted by Gasteiger charge is -2.19. The van der Waals surface area contributed by atoms with E-state index in [-0.39, 0.29) is 0 Å². The van der Waals surface area contributed by atoms with Gasteiger partial charge in [0.2, 0.25) is 0 Å². The number of terminal acetylenes is 1. The summed E-state index contributed by atoms with van der Waals surface area (Å²) in [6.07, 6.45) is 6.37. The van der Waals surface area contributed by atoms with Gasteiger partial charge >= 0.3 is 0 Å². The normalized spacial score (nSPS) is 9.81. The van der Waals surface area contributed by atoms with Gasteiger partial charge in [0.1, 0.15) is 0 Å². The second-order valence-electron chi connectivity index (χ2n) is 3.54. The standard InChI is InChI=1S/C12H18N4/c1-4-8-16(9-5-2)12-7-6-11(10-13-3)14-15-12/h1,6-7,13H,5,8-10H2,2-3H3. The van der Waals surface area contributed by atoms with Crippen LogP contribution in [-0.2, 0) is 6.54 Å². The number of nitrogens with zero attached hydrogens (tertiary/aromatic N) is 3. The van der Waals surface area contributed by atoms with Crippen LogP contribution in [0.4, 0.5) is 5.82 Å². The highest BCUT2D eigenvalue weighted by Gasteiger charge is 2.05. The van der Waals surface area contributed by atoms with Gasteiger partial charge in [-0.3, -0.25) is 0 Å². The Morgan fingerprint density at radius 1 is 1.44 bits per heavy atom. The molecule has 1 rings (SSSR count). The Kier molecular flexibility index (Phi) is 5.30. The average molecular weight is 218 g/mol. The van der Waals surface area contributed by atoms with Crippen molar-refractivity contribution < 1.29 is 0 Å². The van der Waals surface area contributed by atoms with E-state index in [0.29, 0.717) is 6.54 Å². The third-order valence-electron chi connectivity index (χ3n) is 2.16. The van der Waals surface area contributed by atoms with Gasteiger partial charge in [0, 0.05) is 13.1 Å². The summed E-state index contributed by atoms with van der Waals surface area (Å²) in [7, 11) is 1.89. The van der Waals surface area contributed by atoms with Gasteiger partial charge in [-0.2, -0.15) is 5.10 Å². The molecule has 4 heteroatoms. The molecule has 0 bridgehead atoms.